The molecule has 0 amide bonds. The number of esters is 1. The van der Waals surface area contributed by atoms with Crippen LogP contribution in [0.5, 0.6) is 0 Å². The van der Waals surface area contributed by atoms with Gasteiger partial charge >= 0.3 is 18.3 Å². The highest BCUT2D eigenvalue weighted by Crippen LogP contribution is 2.64. The number of aliphatic hydroxyl groups excluding tert-OH is 1. The van der Waals surface area contributed by atoms with E-state index in [0.29, 0.717) is 11.1 Å². The molecule has 0 spiro atoms. The van der Waals surface area contributed by atoms with Gasteiger partial charge in [-0.3, -0.25) is 4.79 Å². The van der Waals surface area contributed by atoms with Gasteiger partial charge in [-0.1, -0.05) is 92.7 Å². The fourth-order valence-corrected chi connectivity index (χ4v) is 9.21. The summed E-state index contributed by atoms with van der Waals surface area (Å²) in [6.45, 7) is 5.51. The first-order chi connectivity index (χ1) is 26.6. The first-order valence-electron chi connectivity index (χ1n) is 18.6. The van der Waals surface area contributed by atoms with Crippen LogP contribution >= 0.6 is 0 Å². The third-order valence-electron chi connectivity index (χ3n) is 12.4. The summed E-state index contributed by atoms with van der Waals surface area (Å²) in [4.78, 5) is 56.7. The van der Waals surface area contributed by atoms with Gasteiger partial charge in [0, 0.05) is 24.2 Å². The molecule has 1 aliphatic heterocycles. The van der Waals surface area contributed by atoms with Gasteiger partial charge in [0.2, 0.25) is 0 Å². The largest absolute Gasteiger partial charge is 0.509 e. The van der Waals surface area contributed by atoms with E-state index in [-0.39, 0.29) is 43.0 Å². The van der Waals surface area contributed by atoms with Gasteiger partial charge in [-0.15, -0.1) is 0 Å². The number of carbonyl (C=O) groups is 4. The molecular formula is C43H46O13. The Bertz CT molecular complexity index is 2000. The average Bonchev–Trinajstić information content (AvgIpc) is 3.18. The number of Topliss-reactive ketones (excluding diaryl/α,β-unsaturated/α-hetero) is 1. The molecule has 296 valence electrons. The molecule has 9 atom stereocenters. The maximum atomic E-state index is 15.6. The summed E-state index contributed by atoms with van der Waals surface area (Å²) in [5.74, 6) is -3.28. The summed E-state index contributed by atoms with van der Waals surface area (Å²) in [5, 5.41) is 37.4. The monoisotopic (exact) mass is 770 g/mol. The molecule has 7 rings (SSSR count). The first kappa shape index (κ1) is 39.2. The number of ether oxygens (including phenoxy) is 6. The second-order valence-corrected chi connectivity index (χ2v) is 15.9. The summed E-state index contributed by atoms with van der Waals surface area (Å²) in [6.07, 6.45) is -10.4. The molecule has 3 fully saturated rings. The van der Waals surface area contributed by atoms with E-state index < -0.39 is 89.0 Å². The first-order valence-corrected chi connectivity index (χ1v) is 18.6. The smallest absolute Gasteiger partial charge is 0.455 e. The highest BCUT2D eigenvalue weighted by molar-refractivity contribution is 5.95. The van der Waals surface area contributed by atoms with Crippen molar-refractivity contribution in [3.05, 3.63) is 119 Å². The molecular weight excluding hydrogens is 724 g/mol. The van der Waals surface area contributed by atoms with E-state index in [9.17, 15) is 29.7 Å². The SMILES string of the molecule is CC1=C2[C@@H](OC(=O)OCc3ccccc3)C(=O)[C@]3(C)[C@@H](OC(=O)OCc4ccccc4)C[C@H]4OC[C@@]4(O)[C@H]3[C@H](OC(=O)c3ccccc3)[C@](O)(C[C@@H]1O)C2(C)C. The molecule has 3 aromatic carbocycles. The Labute approximate surface area is 324 Å². The van der Waals surface area contributed by atoms with E-state index in [1.807, 2.05) is 6.07 Å². The minimum atomic E-state index is -2.24. The number of fused-ring (bicyclic) bond motifs is 5. The van der Waals surface area contributed by atoms with Crippen LogP contribution in [0.1, 0.15) is 62.0 Å². The molecule has 0 aromatic heterocycles. The Morgan fingerprint density at radius 3 is 1.86 bits per heavy atom. The lowest BCUT2D eigenvalue weighted by Gasteiger charge is -2.66. The molecule has 1 heterocycles. The van der Waals surface area contributed by atoms with E-state index in [4.69, 9.17) is 28.4 Å². The predicted octanol–water partition coefficient (Wildman–Crippen LogP) is 5.23. The standard InChI is InChI=1S/C43H46O13/c1-25-29(44)21-43(50)36(56-37(46)28-18-12-7-13-19-28)34-41(4,30(20-31-42(34,49)24-53-31)54-38(47)51-22-26-14-8-5-9-15-26)35(45)33(32(25)40(43,2)3)55-39(48)52-23-27-16-10-6-11-17-27/h5-19,29-31,33-34,36,44,49-50H,20-24H2,1-4H3/t29-,30-,31+,33+,34-,36-,41+,42-,43+/m0/s1. The minimum Gasteiger partial charge on any atom is -0.455 e. The lowest BCUT2D eigenvalue weighted by Crippen LogP contribution is -2.81. The van der Waals surface area contributed by atoms with Gasteiger partial charge in [0.05, 0.1) is 29.8 Å². The molecule has 13 heteroatoms. The van der Waals surface area contributed by atoms with E-state index >= 15 is 4.79 Å². The molecule has 0 unspecified atom stereocenters. The number of ketones is 1. The van der Waals surface area contributed by atoms with Crippen LogP contribution in [0, 0.1) is 16.7 Å². The number of hydrogen-bond donors (Lipinski definition) is 3. The van der Waals surface area contributed by atoms with Gasteiger partial charge in [0.15, 0.2) is 11.9 Å². The molecule has 2 saturated carbocycles. The lowest BCUT2D eigenvalue weighted by atomic mass is 9.44. The molecule has 0 radical (unpaired) electrons. The molecule has 1 saturated heterocycles. The number of hydrogen-bond acceptors (Lipinski definition) is 13. The van der Waals surface area contributed by atoms with Gasteiger partial charge < -0.3 is 43.7 Å². The summed E-state index contributed by atoms with van der Waals surface area (Å²) in [6, 6.07) is 25.7. The zero-order valence-electron chi connectivity index (χ0n) is 31.6. The van der Waals surface area contributed by atoms with E-state index in [1.54, 1.807) is 93.6 Å². The van der Waals surface area contributed by atoms with Crippen LogP contribution in [0.3, 0.4) is 0 Å². The highest BCUT2D eigenvalue weighted by Gasteiger charge is 2.77. The quantitative estimate of drug-likeness (QED) is 0.154. The zero-order chi connectivity index (χ0) is 40.0. The van der Waals surface area contributed by atoms with Crippen molar-refractivity contribution in [1.29, 1.82) is 0 Å². The second-order valence-electron chi connectivity index (χ2n) is 15.9. The van der Waals surface area contributed by atoms with Gasteiger partial charge in [0.25, 0.3) is 0 Å². The van der Waals surface area contributed by atoms with Crippen LogP contribution in [0.15, 0.2) is 102 Å². The van der Waals surface area contributed by atoms with E-state index in [1.165, 1.54) is 19.1 Å². The maximum absolute atomic E-state index is 15.6. The number of aliphatic hydroxyl groups is 3. The third-order valence-corrected chi connectivity index (χ3v) is 12.4. The average molecular weight is 771 g/mol. The van der Waals surface area contributed by atoms with Gasteiger partial charge in [-0.05, 0) is 48.3 Å². The normalized spacial score (nSPS) is 32.9. The lowest BCUT2D eigenvalue weighted by molar-refractivity contribution is -0.343. The van der Waals surface area contributed by atoms with Crippen LogP contribution in [0.2, 0.25) is 0 Å². The van der Waals surface area contributed by atoms with E-state index in [0.717, 1.165) is 0 Å². The summed E-state index contributed by atoms with van der Waals surface area (Å²) in [7, 11) is 0. The highest BCUT2D eigenvalue weighted by atomic mass is 16.7. The van der Waals surface area contributed by atoms with Crippen molar-refractivity contribution >= 4 is 24.1 Å². The number of carbonyl (C=O) groups excluding carboxylic acids is 4. The maximum Gasteiger partial charge on any atom is 0.509 e. The minimum absolute atomic E-state index is 0.0465. The molecule has 3 aliphatic carbocycles. The van der Waals surface area contributed by atoms with Gasteiger partial charge in [-0.25, -0.2) is 14.4 Å². The van der Waals surface area contributed by atoms with Crippen molar-refractivity contribution in [2.45, 2.75) is 95.5 Å². The fraction of sp³-hybridized carbons (Fsp3) is 0.442. The third kappa shape index (κ3) is 6.55. The van der Waals surface area contributed by atoms with Crippen molar-refractivity contribution in [3.8, 4) is 0 Å². The second kappa shape index (κ2) is 14.8. The van der Waals surface area contributed by atoms with E-state index in [2.05, 4.69) is 0 Å². The van der Waals surface area contributed by atoms with Crippen molar-refractivity contribution in [3.63, 3.8) is 0 Å². The van der Waals surface area contributed by atoms with Crippen molar-refractivity contribution in [1.82, 2.24) is 0 Å². The van der Waals surface area contributed by atoms with Crippen LogP contribution in [0.25, 0.3) is 0 Å². The van der Waals surface area contributed by atoms with Crippen molar-refractivity contribution in [2.75, 3.05) is 6.61 Å². The van der Waals surface area contributed by atoms with Gasteiger partial charge in [-0.2, -0.15) is 0 Å². The molecule has 13 nitrogen and oxygen atoms in total. The van der Waals surface area contributed by atoms with Crippen molar-refractivity contribution in [2.24, 2.45) is 16.7 Å². The van der Waals surface area contributed by atoms with Crippen LogP contribution in [-0.4, -0.2) is 87.7 Å². The Morgan fingerprint density at radius 1 is 0.786 bits per heavy atom. The Balaban J connectivity index is 1.36. The molecule has 56 heavy (non-hydrogen) atoms. The predicted molar refractivity (Wildman–Crippen MR) is 197 cm³/mol. The topological polar surface area (TPSA) is 184 Å². The molecule has 4 aliphatic rings. The summed E-state index contributed by atoms with van der Waals surface area (Å²) < 4.78 is 35.0. The molecule has 2 bridgehead atoms. The summed E-state index contributed by atoms with van der Waals surface area (Å²) >= 11 is 0. The van der Waals surface area contributed by atoms with Crippen LogP contribution in [-0.2, 0) is 46.4 Å². The molecule has 3 N–H and O–H groups in total. The Hall–Kier alpha value is -5.08. The van der Waals surface area contributed by atoms with Crippen molar-refractivity contribution < 1.29 is 62.9 Å². The number of rotatable bonds is 8. The zero-order valence-corrected chi connectivity index (χ0v) is 31.6. The van der Waals surface area contributed by atoms with Gasteiger partial charge in [0.1, 0.15) is 36.6 Å². The Morgan fingerprint density at radius 2 is 1.32 bits per heavy atom. The summed E-state index contributed by atoms with van der Waals surface area (Å²) in [5.41, 5.74) is -6.09. The number of benzene rings is 3. The Kier molecular flexibility index (Phi) is 10.3. The van der Waals surface area contributed by atoms with Crippen LogP contribution < -0.4 is 0 Å². The molecule has 3 aromatic rings. The fourth-order valence-electron chi connectivity index (χ4n) is 9.21. The van der Waals surface area contributed by atoms with Crippen LogP contribution in [0.4, 0.5) is 9.59 Å².